The van der Waals surface area contributed by atoms with Crippen LogP contribution < -0.4 is 62.0 Å². The molecule has 148 valence electrons. The Morgan fingerprint density at radius 2 is 2.03 bits per heavy atom. The number of hydrogen-bond donors (Lipinski definition) is 2. The summed E-state index contributed by atoms with van der Waals surface area (Å²) in [7, 11) is 0. The number of carbonyl (C=O) groups excluding carboxylic acids is 1. The molecule has 0 saturated heterocycles. The third-order valence-corrected chi connectivity index (χ3v) is 3.61. The van der Waals surface area contributed by atoms with Crippen molar-refractivity contribution in [3.8, 4) is 0 Å². The van der Waals surface area contributed by atoms with Gasteiger partial charge in [-0.05, 0) is 43.2 Å². The smallest absolute Gasteiger partial charge is 0.560 e. The van der Waals surface area contributed by atoms with Gasteiger partial charge < -0.3 is 21.8 Å². The number of aliphatic imine (C=N–C) groups is 1. The molecule has 0 spiro atoms. The topological polar surface area (TPSA) is 66.4 Å². The van der Waals surface area contributed by atoms with Gasteiger partial charge in [-0.15, -0.1) is 11.9 Å². The number of carbonyl (C=O) groups is 1. The molecule has 1 unspecified atom stereocenters. The molecular formula is C23H28KN4O-. The van der Waals surface area contributed by atoms with Crippen LogP contribution in [-0.2, 0) is 0 Å². The summed E-state index contributed by atoms with van der Waals surface area (Å²) in [6, 6.07) is 9.43. The minimum atomic E-state index is -0.188. The van der Waals surface area contributed by atoms with Crippen LogP contribution in [0, 0.1) is 20.0 Å². The summed E-state index contributed by atoms with van der Waals surface area (Å²) in [6.07, 6.45) is 9.24. The number of amides is 1. The van der Waals surface area contributed by atoms with Gasteiger partial charge in [-0.2, -0.15) is 12.7 Å². The van der Waals surface area contributed by atoms with E-state index in [0.717, 1.165) is 16.8 Å². The molecule has 0 saturated carbocycles. The summed E-state index contributed by atoms with van der Waals surface area (Å²) in [6.45, 7) is 15.2. The molecule has 29 heavy (non-hydrogen) atoms. The zero-order chi connectivity index (χ0) is 20.9. The van der Waals surface area contributed by atoms with E-state index in [0.29, 0.717) is 11.3 Å². The van der Waals surface area contributed by atoms with Gasteiger partial charge in [0.15, 0.2) is 0 Å². The van der Waals surface area contributed by atoms with Crippen LogP contribution in [0.15, 0.2) is 66.6 Å². The molecule has 0 aliphatic carbocycles. The number of aryl methyl sites for hydroxylation is 1. The molecule has 2 N–H and O–H groups in total. The Balaban J connectivity index is 0.00000253. The normalized spacial score (nSPS) is 11.5. The Labute approximate surface area is 217 Å². The number of aromatic nitrogens is 1. The van der Waals surface area contributed by atoms with Gasteiger partial charge in [0.25, 0.3) is 5.91 Å². The summed E-state index contributed by atoms with van der Waals surface area (Å²) < 4.78 is 0. The van der Waals surface area contributed by atoms with Gasteiger partial charge in [-0.25, -0.2) is 6.92 Å². The molecule has 0 radical (unpaired) electrons. The average Bonchev–Trinajstić information content (AvgIpc) is 2.72. The molecule has 1 heterocycles. The quantitative estimate of drug-likeness (QED) is 0.315. The molecule has 0 fully saturated rings. The van der Waals surface area contributed by atoms with Crippen molar-refractivity contribution in [3.63, 3.8) is 0 Å². The average molecular weight is 416 g/mol. The maximum Gasteiger partial charge on any atom is 1.00 e. The van der Waals surface area contributed by atoms with Gasteiger partial charge in [-0.3, -0.25) is 9.78 Å². The molecule has 1 aromatic carbocycles. The van der Waals surface area contributed by atoms with Gasteiger partial charge in [0.2, 0.25) is 0 Å². The second-order valence-corrected chi connectivity index (χ2v) is 5.79. The molecule has 5 nitrogen and oxygen atoms in total. The van der Waals surface area contributed by atoms with Crippen molar-refractivity contribution in [2.75, 3.05) is 5.32 Å². The number of hydrogen-bond acceptors (Lipinski definition) is 4. The van der Waals surface area contributed by atoms with E-state index in [4.69, 9.17) is 0 Å². The molecule has 2 rings (SSSR count). The van der Waals surface area contributed by atoms with E-state index >= 15 is 0 Å². The number of rotatable bonds is 7. The largest absolute Gasteiger partial charge is 1.00 e. The number of benzene rings is 1. The Kier molecular flexibility index (Phi) is 14.3. The maximum absolute atomic E-state index is 12.3. The second kappa shape index (κ2) is 15.2. The van der Waals surface area contributed by atoms with Crippen molar-refractivity contribution in [1.29, 1.82) is 0 Å². The Bertz CT molecular complexity index is 846. The van der Waals surface area contributed by atoms with Crippen LogP contribution in [0.3, 0.4) is 0 Å². The standard InChI is InChI=1S/C21H22N4O.C2H6.K/c1-5-16(3)23-9-10-24-17(4)18-7-6-8-20(12-18)25-21(26)19-11-15(2)13-22-14-19;1-2;/h5-9,11-14,17,24H,1,3H2,2,4H3,(H,25,26);1-2H3;/q-2;;+1. The van der Waals surface area contributed by atoms with Gasteiger partial charge in [-0.1, -0.05) is 26.0 Å². The minimum absolute atomic E-state index is 0. The molecule has 1 amide bonds. The van der Waals surface area contributed by atoms with Crippen LogP contribution >= 0.6 is 0 Å². The fraction of sp³-hybridized carbons (Fsp3) is 0.217. The monoisotopic (exact) mass is 415 g/mol. The number of pyridine rings is 1. The number of nitrogens with zero attached hydrogens (tertiary/aromatic N) is 2. The van der Waals surface area contributed by atoms with Gasteiger partial charge in [0.1, 0.15) is 0 Å². The summed E-state index contributed by atoms with van der Waals surface area (Å²) in [4.78, 5) is 20.4. The van der Waals surface area contributed by atoms with Crippen LogP contribution in [0.1, 0.15) is 48.3 Å². The fourth-order valence-electron chi connectivity index (χ4n) is 2.18. The summed E-state index contributed by atoms with van der Waals surface area (Å²) in [5.74, 6) is -0.188. The molecule has 0 bridgehead atoms. The van der Waals surface area contributed by atoms with Crippen molar-refractivity contribution >= 4 is 17.3 Å². The first kappa shape index (κ1) is 27.3. The van der Waals surface area contributed by atoms with Gasteiger partial charge in [0.05, 0.1) is 5.56 Å². The van der Waals surface area contributed by atoms with Crippen molar-refractivity contribution in [2.45, 2.75) is 33.7 Å². The van der Waals surface area contributed by atoms with E-state index in [2.05, 4.69) is 40.3 Å². The second-order valence-electron chi connectivity index (χ2n) is 5.79. The Morgan fingerprint density at radius 1 is 1.31 bits per heavy atom. The molecule has 1 atom stereocenters. The van der Waals surface area contributed by atoms with Crippen LogP contribution in [0.25, 0.3) is 0 Å². The van der Waals surface area contributed by atoms with Crippen molar-refractivity contribution in [3.05, 3.63) is 91.4 Å². The van der Waals surface area contributed by atoms with Gasteiger partial charge in [0, 0.05) is 24.1 Å². The molecular weight excluding hydrogens is 387 g/mol. The zero-order valence-electron chi connectivity index (χ0n) is 18.0. The van der Waals surface area contributed by atoms with Crippen LogP contribution in [0.4, 0.5) is 5.69 Å². The number of allylic oxidation sites excluding steroid dienone is 1. The first-order chi connectivity index (χ1) is 13.5. The Hall–Kier alpha value is -1.70. The van der Waals surface area contributed by atoms with Crippen molar-refractivity contribution in [2.24, 2.45) is 4.99 Å². The maximum atomic E-state index is 12.3. The van der Waals surface area contributed by atoms with Gasteiger partial charge >= 0.3 is 51.4 Å². The number of anilines is 1. The van der Waals surface area contributed by atoms with E-state index in [1.165, 1.54) is 6.20 Å². The van der Waals surface area contributed by atoms with E-state index in [1.807, 2.05) is 52.0 Å². The Morgan fingerprint density at radius 3 is 2.69 bits per heavy atom. The third kappa shape index (κ3) is 10.1. The van der Waals surface area contributed by atoms with E-state index in [9.17, 15) is 4.79 Å². The number of nitrogens with one attached hydrogen (secondary N) is 2. The SMILES string of the molecule is C=CC([CH2-])=NC=[C-]NC(C)c1cccc(NC(=O)c2cncc(C)c2)c1.CC.[K+]. The zero-order valence-corrected chi connectivity index (χ0v) is 21.1. The summed E-state index contributed by atoms with van der Waals surface area (Å²) >= 11 is 0. The van der Waals surface area contributed by atoms with E-state index in [-0.39, 0.29) is 63.3 Å². The van der Waals surface area contributed by atoms with Crippen molar-refractivity contribution < 1.29 is 56.2 Å². The van der Waals surface area contributed by atoms with Crippen LogP contribution in [-0.4, -0.2) is 16.6 Å². The van der Waals surface area contributed by atoms with E-state index < -0.39 is 0 Å². The molecule has 0 aliphatic heterocycles. The third-order valence-electron chi connectivity index (χ3n) is 3.61. The molecule has 1 aromatic heterocycles. The minimum Gasteiger partial charge on any atom is -0.560 e. The van der Waals surface area contributed by atoms with Crippen LogP contribution in [0.2, 0.25) is 0 Å². The van der Waals surface area contributed by atoms with E-state index in [1.54, 1.807) is 24.5 Å². The first-order valence-corrected chi connectivity index (χ1v) is 9.17. The summed E-state index contributed by atoms with van der Waals surface area (Å²) in [5, 5.41) is 6.00. The molecule has 0 aliphatic rings. The predicted octanol–water partition coefficient (Wildman–Crippen LogP) is 2.06. The van der Waals surface area contributed by atoms with Crippen LogP contribution in [0.5, 0.6) is 0 Å². The predicted molar refractivity (Wildman–Crippen MR) is 117 cm³/mol. The molecule has 2 aromatic rings. The fourth-order valence-corrected chi connectivity index (χ4v) is 2.18. The molecule has 6 heteroatoms. The summed E-state index contributed by atoms with van der Waals surface area (Å²) in [5.41, 5.74) is 3.77. The first-order valence-electron chi connectivity index (χ1n) is 9.17. The van der Waals surface area contributed by atoms with Crippen molar-refractivity contribution in [1.82, 2.24) is 10.3 Å².